The summed E-state index contributed by atoms with van der Waals surface area (Å²) in [6, 6.07) is 2.11. The minimum Gasteiger partial charge on any atom is -0.352 e. The molecule has 0 aromatic carbocycles. The third-order valence-electron chi connectivity index (χ3n) is 5.52. The van der Waals surface area contributed by atoms with Crippen LogP contribution in [0.1, 0.15) is 39.5 Å². The van der Waals surface area contributed by atoms with E-state index < -0.39 is 0 Å². The van der Waals surface area contributed by atoms with Gasteiger partial charge in [0.25, 0.3) is 0 Å². The van der Waals surface area contributed by atoms with Gasteiger partial charge in [0.1, 0.15) is 0 Å². The largest absolute Gasteiger partial charge is 0.352 e. The van der Waals surface area contributed by atoms with Crippen molar-refractivity contribution in [3.05, 3.63) is 18.5 Å². The Labute approximate surface area is 144 Å². The van der Waals surface area contributed by atoms with Crippen molar-refractivity contribution in [1.82, 2.24) is 20.2 Å². The van der Waals surface area contributed by atoms with Crippen LogP contribution >= 0.6 is 0 Å². The molecule has 1 aliphatic heterocycles. The number of hydrogen-bond acceptors (Lipinski definition) is 5. The Kier molecular flexibility index (Phi) is 5.66. The van der Waals surface area contributed by atoms with Gasteiger partial charge in [-0.3, -0.25) is 9.69 Å². The molecule has 1 saturated heterocycles. The van der Waals surface area contributed by atoms with Gasteiger partial charge in [-0.2, -0.15) is 0 Å². The number of piperazine rings is 1. The number of rotatable bonds is 4. The van der Waals surface area contributed by atoms with Gasteiger partial charge in [0.2, 0.25) is 11.9 Å². The van der Waals surface area contributed by atoms with E-state index in [2.05, 4.69) is 32.0 Å². The average molecular weight is 331 g/mol. The summed E-state index contributed by atoms with van der Waals surface area (Å²) in [5.41, 5.74) is 0. The van der Waals surface area contributed by atoms with Crippen LogP contribution in [-0.2, 0) is 4.79 Å². The third kappa shape index (κ3) is 4.04. The lowest BCUT2D eigenvalue weighted by molar-refractivity contribution is -0.127. The topological polar surface area (TPSA) is 61.4 Å². The molecule has 0 radical (unpaired) electrons. The Balaban J connectivity index is 1.49. The molecule has 1 aromatic rings. The summed E-state index contributed by atoms with van der Waals surface area (Å²) in [5.74, 6) is 1.56. The zero-order valence-corrected chi connectivity index (χ0v) is 14.8. The zero-order valence-electron chi connectivity index (χ0n) is 14.8. The number of anilines is 1. The lowest BCUT2D eigenvalue weighted by Crippen LogP contribution is -2.56. The van der Waals surface area contributed by atoms with E-state index in [0.717, 1.165) is 38.5 Å². The lowest BCUT2D eigenvalue weighted by atomic mass is 9.86. The summed E-state index contributed by atoms with van der Waals surface area (Å²) in [4.78, 5) is 25.7. The van der Waals surface area contributed by atoms with Crippen molar-refractivity contribution in [3.8, 4) is 0 Å². The Morgan fingerprint density at radius 2 is 1.83 bits per heavy atom. The Morgan fingerprint density at radius 1 is 1.17 bits per heavy atom. The highest BCUT2D eigenvalue weighted by molar-refractivity contribution is 5.81. The van der Waals surface area contributed by atoms with Crippen molar-refractivity contribution >= 4 is 11.9 Å². The second-order valence-electron chi connectivity index (χ2n) is 7.12. The molecule has 0 unspecified atom stereocenters. The maximum absolute atomic E-state index is 12.6. The molecule has 3 atom stereocenters. The van der Waals surface area contributed by atoms with Gasteiger partial charge >= 0.3 is 0 Å². The van der Waals surface area contributed by atoms with Gasteiger partial charge in [-0.1, -0.05) is 19.8 Å². The first kappa shape index (κ1) is 17.1. The molecule has 2 aliphatic rings. The SMILES string of the molecule is C[C@@H]1CCCC[C@H]1NC(=O)[C@@H](C)N1CCN(c2ncccn2)CC1. The molecule has 132 valence electrons. The van der Waals surface area contributed by atoms with E-state index in [-0.39, 0.29) is 11.9 Å². The molecule has 1 N–H and O–H groups in total. The fourth-order valence-electron chi connectivity index (χ4n) is 3.76. The molecule has 24 heavy (non-hydrogen) atoms. The van der Waals surface area contributed by atoms with Crippen LogP contribution in [0.2, 0.25) is 0 Å². The van der Waals surface area contributed by atoms with Crippen molar-refractivity contribution in [2.45, 2.75) is 51.6 Å². The minimum atomic E-state index is -0.0713. The number of aromatic nitrogens is 2. The number of amides is 1. The quantitative estimate of drug-likeness (QED) is 0.909. The molecule has 1 saturated carbocycles. The highest BCUT2D eigenvalue weighted by atomic mass is 16.2. The number of hydrogen-bond donors (Lipinski definition) is 1. The highest BCUT2D eigenvalue weighted by Crippen LogP contribution is 2.24. The smallest absolute Gasteiger partial charge is 0.237 e. The summed E-state index contributed by atoms with van der Waals surface area (Å²) < 4.78 is 0. The van der Waals surface area contributed by atoms with E-state index in [1.54, 1.807) is 12.4 Å². The van der Waals surface area contributed by atoms with Gasteiger partial charge in [0, 0.05) is 44.6 Å². The van der Waals surface area contributed by atoms with Gasteiger partial charge in [-0.15, -0.1) is 0 Å². The molecular formula is C18H29N5O. The van der Waals surface area contributed by atoms with Crippen molar-refractivity contribution < 1.29 is 4.79 Å². The predicted molar refractivity (Wildman–Crippen MR) is 94.8 cm³/mol. The van der Waals surface area contributed by atoms with Crippen LogP contribution in [0.15, 0.2) is 18.5 Å². The van der Waals surface area contributed by atoms with Crippen LogP contribution in [0.3, 0.4) is 0 Å². The molecule has 1 amide bonds. The van der Waals surface area contributed by atoms with Crippen LogP contribution in [0, 0.1) is 5.92 Å². The third-order valence-corrected chi connectivity index (χ3v) is 5.52. The highest BCUT2D eigenvalue weighted by Gasteiger charge is 2.29. The average Bonchev–Trinajstić information content (AvgIpc) is 2.64. The fraction of sp³-hybridized carbons (Fsp3) is 0.722. The molecule has 2 heterocycles. The van der Waals surface area contributed by atoms with Crippen LogP contribution in [0.4, 0.5) is 5.95 Å². The molecule has 0 bridgehead atoms. The second kappa shape index (κ2) is 7.92. The summed E-state index contributed by atoms with van der Waals surface area (Å²) in [6.45, 7) is 7.74. The van der Waals surface area contributed by atoms with E-state index in [1.807, 2.05) is 13.0 Å². The molecule has 0 spiro atoms. The molecule has 1 aromatic heterocycles. The van der Waals surface area contributed by atoms with Crippen molar-refractivity contribution in [2.75, 3.05) is 31.1 Å². The molecule has 6 nitrogen and oxygen atoms in total. The molecule has 3 rings (SSSR count). The van der Waals surface area contributed by atoms with Gasteiger partial charge in [-0.25, -0.2) is 9.97 Å². The number of carbonyl (C=O) groups is 1. The van der Waals surface area contributed by atoms with Crippen molar-refractivity contribution in [1.29, 1.82) is 0 Å². The van der Waals surface area contributed by atoms with E-state index >= 15 is 0 Å². The van der Waals surface area contributed by atoms with Gasteiger partial charge in [-0.05, 0) is 31.7 Å². The van der Waals surface area contributed by atoms with Crippen molar-refractivity contribution in [2.24, 2.45) is 5.92 Å². The second-order valence-corrected chi connectivity index (χ2v) is 7.12. The lowest BCUT2D eigenvalue weighted by Gasteiger charge is -2.38. The van der Waals surface area contributed by atoms with Crippen LogP contribution < -0.4 is 10.2 Å². The molecular weight excluding hydrogens is 302 g/mol. The zero-order chi connectivity index (χ0) is 16.9. The van der Waals surface area contributed by atoms with E-state index in [1.165, 1.54) is 19.3 Å². The maximum atomic E-state index is 12.6. The normalized spacial score (nSPS) is 26.8. The summed E-state index contributed by atoms with van der Waals surface area (Å²) in [6.07, 6.45) is 8.44. The first-order valence-corrected chi connectivity index (χ1v) is 9.21. The minimum absolute atomic E-state index is 0.0713. The Hall–Kier alpha value is -1.69. The first-order chi connectivity index (χ1) is 11.6. The summed E-state index contributed by atoms with van der Waals surface area (Å²) in [5, 5.41) is 3.29. The number of nitrogens with one attached hydrogen (secondary N) is 1. The standard InChI is InChI=1S/C18H29N5O/c1-14-6-3-4-7-16(14)21-17(24)15(2)22-10-12-23(13-11-22)18-19-8-5-9-20-18/h5,8-9,14-16H,3-4,6-7,10-13H2,1-2H3,(H,21,24)/t14-,15-,16-/m1/s1. The molecule has 1 aliphatic carbocycles. The summed E-state index contributed by atoms with van der Waals surface area (Å²) in [7, 11) is 0. The van der Waals surface area contributed by atoms with Crippen molar-refractivity contribution in [3.63, 3.8) is 0 Å². The summed E-state index contributed by atoms with van der Waals surface area (Å²) >= 11 is 0. The van der Waals surface area contributed by atoms with Gasteiger partial charge < -0.3 is 10.2 Å². The molecule has 6 heteroatoms. The van der Waals surface area contributed by atoms with Crippen LogP contribution in [0.25, 0.3) is 0 Å². The Bertz CT molecular complexity index is 529. The maximum Gasteiger partial charge on any atom is 0.237 e. The predicted octanol–water partition coefficient (Wildman–Crippen LogP) is 1.68. The van der Waals surface area contributed by atoms with Crippen LogP contribution in [-0.4, -0.2) is 59.0 Å². The van der Waals surface area contributed by atoms with E-state index in [4.69, 9.17) is 0 Å². The van der Waals surface area contributed by atoms with Crippen LogP contribution in [0.5, 0.6) is 0 Å². The van der Waals surface area contributed by atoms with Gasteiger partial charge in [0.15, 0.2) is 0 Å². The molecule has 2 fully saturated rings. The number of nitrogens with zero attached hydrogens (tertiary/aromatic N) is 4. The Morgan fingerprint density at radius 3 is 2.50 bits per heavy atom. The monoisotopic (exact) mass is 331 g/mol. The van der Waals surface area contributed by atoms with E-state index in [0.29, 0.717) is 12.0 Å². The van der Waals surface area contributed by atoms with Gasteiger partial charge in [0.05, 0.1) is 6.04 Å². The first-order valence-electron chi connectivity index (χ1n) is 9.21. The fourth-order valence-corrected chi connectivity index (χ4v) is 3.76. The van der Waals surface area contributed by atoms with E-state index in [9.17, 15) is 4.79 Å². The number of carbonyl (C=O) groups excluding carboxylic acids is 1.